The van der Waals surface area contributed by atoms with Crippen LogP contribution in [0.3, 0.4) is 0 Å². The molecule has 5 rings (SSSR count). The second-order valence-electron chi connectivity index (χ2n) is 9.93. The number of carboxylic acid groups (broad SMARTS) is 1. The highest BCUT2D eigenvalue weighted by molar-refractivity contribution is 5.73. The number of aromatic nitrogens is 1. The van der Waals surface area contributed by atoms with Crippen molar-refractivity contribution in [2.24, 2.45) is 5.92 Å². The summed E-state index contributed by atoms with van der Waals surface area (Å²) in [4.78, 5) is 20.7. The van der Waals surface area contributed by atoms with Crippen LogP contribution in [0.25, 0.3) is 11.3 Å². The zero-order valence-corrected chi connectivity index (χ0v) is 20.8. The minimum atomic E-state index is -0.734. The van der Waals surface area contributed by atoms with E-state index in [0.717, 1.165) is 47.9 Å². The first-order valence-corrected chi connectivity index (χ1v) is 12.4. The summed E-state index contributed by atoms with van der Waals surface area (Å²) in [5.74, 6) is 0.590. The Morgan fingerprint density at radius 2 is 1.94 bits per heavy atom. The number of ether oxygens (including phenoxy) is 1. The van der Waals surface area contributed by atoms with E-state index in [0.29, 0.717) is 26.1 Å². The Morgan fingerprint density at radius 3 is 2.74 bits per heavy atom. The average Bonchev–Trinajstić information content (AvgIpc) is 3.35. The molecule has 6 heteroatoms. The van der Waals surface area contributed by atoms with Gasteiger partial charge in [-0.1, -0.05) is 30.3 Å². The van der Waals surface area contributed by atoms with Gasteiger partial charge < -0.3 is 19.6 Å². The molecule has 35 heavy (non-hydrogen) atoms. The lowest BCUT2D eigenvalue weighted by atomic mass is 9.93. The van der Waals surface area contributed by atoms with Gasteiger partial charge in [-0.05, 0) is 79.8 Å². The summed E-state index contributed by atoms with van der Waals surface area (Å²) in [5.41, 5.74) is 8.27. The quantitative estimate of drug-likeness (QED) is 0.555. The van der Waals surface area contributed by atoms with E-state index in [1.807, 2.05) is 30.3 Å². The monoisotopic (exact) mass is 471 g/mol. The molecule has 2 aromatic carbocycles. The van der Waals surface area contributed by atoms with Gasteiger partial charge in [-0.2, -0.15) is 0 Å². The molecular weight excluding hydrogens is 438 g/mol. The summed E-state index contributed by atoms with van der Waals surface area (Å²) < 4.78 is 6.45. The lowest BCUT2D eigenvalue weighted by molar-refractivity contribution is -0.140. The molecule has 0 bridgehead atoms. The molecule has 182 valence electrons. The van der Waals surface area contributed by atoms with Crippen molar-refractivity contribution in [3.63, 3.8) is 0 Å². The third-order valence-electron chi connectivity index (χ3n) is 7.28. The number of anilines is 1. The number of pyridine rings is 1. The van der Waals surface area contributed by atoms with E-state index < -0.39 is 5.97 Å². The summed E-state index contributed by atoms with van der Waals surface area (Å²) >= 11 is 0. The molecule has 1 N–H and O–H groups in total. The highest BCUT2D eigenvalue weighted by atomic mass is 16.5. The number of carboxylic acids is 1. The van der Waals surface area contributed by atoms with Crippen LogP contribution in [-0.4, -0.2) is 47.6 Å². The van der Waals surface area contributed by atoms with E-state index in [2.05, 4.69) is 48.9 Å². The predicted octanol–water partition coefficient (Wildman–Crippen LogP) is 4.84. The Kier molecular flexibility index (Phi) is 6.48. The zero-order chi connectivity index (χ0) is 24.5. The van der Waals surface area contributed by atoms with Gasteiger partial charge in [-0.15, -0.1) is 0 Å². The molecule has 6 nitrogen and oxygen atoms in total. The number of fused-ring (bicyclic) bond motifs is 1. The van der Waals surface area contributed by atoms with Crippen molar-refractivity contribution in [3.8, 4) is 17.0 Å². The topological polar surface area (TPSA) is 65.9 Å². The van der Waals surface area contributed by atoms with E-state index >= 15 is 0 Å². The van der Waals surface area contributed by atoms with Crippen molar-refractivity contribution in [3.05, 3.63) is 76.3 Å². The number of likely N-dealkylation sites (N-methyl/N-ethyl adjacent to an activating group) is 1. The molecule has 1 aromatic heterocycles. The van der Waals surface area contributed by atoms with Crippen molar-refractivity contribution in [1.82, 2.24) is 9.88 Å². The van der Waals surface area contributed by atoms with Crippen LogP contribution in [0.4, 0.5) is 5.82 Å². The fourth-order valence-electron chi connectivity index (χ4n) is 5.28. The Labute approximate surface area is 207 Å². The normalized spacial score (nSPS) is 17.9. The van der Waals surface area contributed by atoms with Crippen LogP contribution in [-0.2, 0) is 24.4 Å². The molecule has 1 atom stereocenters. The zero-order valence-electron chi connectivity index (χ0n) is 20.8. The van der Waals surface area contributed by atoms with Crippen LogP contribution < -0.4 is 9.64 Å². The van der Waals surface area contributed by atoms with E-state index in [4.69, 9.17) is 9.72 Å². The maximum Gasteiger partial charge on any atom is 0.308 e. The molecular formula is C29H33N3O3. The number of hydrogen-bond donors (Lipinski definition) is 1. The van der Waals surface area contributed by atoms with Gasteiger partial charge in [0, 0.05) is 31.7 Å². The Bertz CT molecular complexity index is 1260. The van der Waals surface area contributed by atoms with Gasteiger partial charge in [-0.3, -0.25) is 4.79 Å². The maximum absolute atomic E-state index is 11.4. The molecule has 2 aliphatic rings. The lowest BCUT2D eigenvalue weighted by Crippen LogP contribution is -2.27. The number of carbonyl (C=O) groups is 1. The molecule has 1 fully saturated rings. The number of hydrogen-bond acceptors (Lipinski definition) is 5. The molecule has 3 aromatic rings. The Balaban J connectivity index is 1.39. The van der Waals surface area contributed by atoms with Crippen molar-refractivity contribution in [1.29, 1.82) is 0 Å². The average molecular weight is 472 g/mol. The van der Waals surface area contributed by atoms with Gasteiger partial charge in [0.1, 0.15) is 18.2 Å². The number of aliphatic carboxylic acids is 1. The first-order valence-electron chi connectivity index (χ1n) is 12.4. The third-order valence-corrected chi connectivity index (χ3v) is 7.28. The summed E-state index contributed by atoms with van der Waals surface area (Å²) in [6, 6.07) is 16.6. The standard InChI is InChI=1S/C29H33N3O3/c1-19-6-4-7-24(26-8-5-9-27(30-26)32-13-11-23(16-32)29(33)34)28(19)35-18-21-14-20(2)25-17-31(3)12-10-22(25)15-21/h4-9,14-15,23H,10-13,16-18H2,1-3H3,(H,33,34). The van der Waals surface area contributed by atoms with Gasteiger partial charge in [0.15, 0.2) is 0 Å². The molecule has 0 radical (unpaired) electrons. The van der Waals surface area contributed by atoms with Gasteiger partial charge >= 0.3 is 5.97 Å². The number of nitrogens with zero attached hydrogens (tertiary/aromatic N) is 3. The van der Waals surface area contributed by atoms with Crippen LogP contribution in [0.1, 0.15) is 34.2 Å². The smallest absolute Gasteiger partial charge is 0.308 e. The van der Waals surface area contributed by atoms with Crippen LogP contribution in [0.5, 0.6) is 5.75 Å². The van der Waals surface area contributed by atoms with Crippen molar-refractivity contribution in [2.75, 3.05) is 31.6 Å². The maximum atomic E-state index is 11.4. The molecule has 2 aliphatic heterocycles. The first kappa shape index (κ1) is 23.4. The lowest BCUT2D eigenvalue weighted by Gasteiger charge is -2.27. The van der Waals surface area contributed by atoms with E-state index in [-0.39, 0.29) is 5.92 Å². The van der Waals surface area contributed by atoms with Gasteiger partial charge in [-0.25, -0.2) is 4.98 Å². The van der Waals surface area contributed by atoms with Crippen molar-refractivity contribution >= 4 is 11.8 Å². The molecule has 0 amide bonds. The Morgan fingerprint density at radius 1 is 1.11 bits per heavy atom. The van der Waals surface area contributed by atoms with E-state index in [1.165, 1.54) is 22.3 Å². The summed E-state index contributed by atoms with van der Waals surface area (Å²) in [5, 5.41) is 9.36. The number of aryl methyl sites for hydroxylation is 2. The molecule has 1 saturated heterocycles. The van der Waals surface area contributed by atoms with Crippen molar-refractivity contribution in [2.45, 2.75) is 39.8 Å². The minimum Gasteiger partial charge on any atom is -0.488 e. The second kappa shape index (κ2) is 9.70. The number of benzene rings is 2. The summed E-state index contributed by atoms with van der Waals surface area (Å²) in [6.07, 6.45) is 1.72. The highest BCUT2D eigenvalue weighted by Gasteiger charge is 2.29. The van der Waals surface area contributed by atoms with Gasteiger partial charge in [0.05, 0.1) is 11.6 Å². The van der Waals surface area contributed by atoms with Crippen LogP contribution in [0, 0.1) is 19.8 Å². The fourth-order valence-corrected chi connectivity index (χ4v) is 5.28. The molecule has 1 unspecified atom stereocenters. The molecule has 0 aliphatic carbocycles. The predicted molar refractivity (Wildman–Crippen MR) is 138 cm³/mol. The SMILES string of the molecule is Cc1cc(COc2c(C)cccc2-c2cccc(N3CCC(C(=O)O)C3)n2)cc2c1CN(C)CC2. The molecule has 3 heterocycles. The minimum absolute atomic E-state index is 0.334. The largest absolute Gasteiger partial charge is 0.488 e. The summed E-state index contributed by atoms with van der Waals surface area (Å²) in [6.45, 7) is 8.07. The fraction of sp³-hybridized carbons (Fsp3) is 0.379. The second-order valence-corrected chi connectivity index (χ2v) is 9.93. The molecule has 0 saturated carbocycles. The van der Waals surface area contributed by atoms with Crippen LogP contribution >= 0.6 is 0 Å². The Hall–Kier alpha value is -3.38. The highest BCUT2D eigenvalue weighted by Crippen LogP contribution is 2.34. The van der Waals surface area contributed by atoms with E-state index in [9.17, 15) is 9.90 Å². The number of rotatable bonds is 6. The molecule has 0 spiro atoms. The summed E-state index contributed by atoms with van der Waals surface area (Å²) in [7, 11) is 2.18. The first-order chi connectivity index (χ1) is 16.9. The van der Waals surface area contributed by atoms with Crippen LogP contribution in [0.2, 0.25) is 0 Å². The van der Waals surface area contributed by atoms with Gasteiger partial charge in [0.25, 0.3) is 0 Å². The van der Waals surface area contributed by atoms with Gasteiger partial charge in [0.2, 0.25) is 0 Å². The van der Waals surface area contributed by atoms with Crippen LogP contribution in [0.15, 0.2) is 48.5 Å². The van der Waals surface area contributed by atoms with Crippen molar-refractivity contribution < 1.29 is 14.6 Å². The third kappa shape index (κ3) is 4.89. The van der Waals surface area contributed by atoms with E-state index in [1.54, 1.807) is 0 Å². The number of para-hydroxylation sites is 1.